The number of rotatable bonds is 5. The summed E-state index contributed by atoms with van der Waals surface area (Å²) in [5, 5.41) is 0. The van der Waals surface area contributed by atoms with Gasteiger partial charge < -0.3 is 0 Å². The molecule has 1 unspecified atom stereocenters. The largest absolute Gasteiger partial charge is 0.128 e. The van der Waals surface area contributed by atoms with Crippen molar-refractivity contribution < 1.29 is 0 Å². The van der Waals surface area contributed by atoms with Crippen molar-refractivity contribution in [2.24, 2.45) is 0 Å². The lowest BCUT2D eigenvalue weighted by Gasteiger charge is -2.04. The molecule has 0 saturated heterocycles. The zero-order valence-electron chi connectivity index (χ0n) is 7.72. The van der Waals surface area contributed by atoms with Crippen LogP contribution in [0.1, 0.15) is 31.1 Å². The molecule has 0 bridgehead atoms. The lowest BCUT2D eigenvalue weighted by Crippen LogP contribution is -1.95. The van der Waals surface area contributed by atoms with E-state index in [9.17, 15) is 0 Å². The second kappa shape index (κ2) is 6.05. The first-order valence-electron chi connectivity index (χ1n) is 4.60. The Bertz CT molecular complexity index is 247. The van der Waals surface area contributed by atoms with Gasteiger partial charge in [0.2, 0.25) is 0 Å². The van der Waals surface area contributed by atoms with Crippen LogP contribution in [-0.4, -0.2) is 4.83 Å². The maximum atomic E-state index is 5.84. The van der Waals surface area contributed by atoms with Gasteiger partial charge >= 0.3 is 0 Å². The summed E-state index contributed by atoms with van der Waals surface area (Å²) >= 11 is 11.2. The molecule has 0 aliphatic rings. The van der Waals surface area contributed by atoms with Crippen LogP contribution in [0.4, 0.5) is 0 Å². The second-order valence-corrected chi connectivity index (χ2v) is 6.20. The molecule has 3 heteroatoms. The molecule has 0 radical (unpaired) electrons. The van der Waals surface area contributed by atoms with E-state index < -0.39 is 0 Å². The Morgan fingerprint density at radius 1 is 1.54 bits per heavy atom. The van der Waals surface area contributed by atoms with Gasteiger partial charge in [-0.05, 0) is 37.8 Å². The van der Waals surface area contributed by atoms with E-state index in [0.29, 0.717) is 4.83 Å². The Labute approximate surface area is 97.4 Å². The van der Waals surface area contributed by atoms with E-state index in [1.165, 1.54) is 30.6 Å². The maximum Gasteiger partial charge on any atom is 0.0931 e. The van der Waals surface area contributed by atoms with Crippen LogP contribution in [0.15, 0.2) is 12.1 Å². The van der Waals surface area contributed by atoms with Crippen LogP contribution >= 0.6 is 38.9 Å². The van der Waals surface area contributed by atoms with Crippen LogP contribution in [-0.2, 0) is 6.42 Å². The van der Waals surface area contributed by atoms with Crippen molar-refractivity contribution in [2.75, 3.05) is 0 Å². The molecule has 1 rings (SSSR count). The van der Waals surface area contributed by atoms with Crippen LogP contribution < -0.4 is 0 Å². The molecule has 0 aliphatic carbocycles. The first-order valence-corrected chi connectivity index (χ1v) is 6.71. The topological polar surface area (TPSA) is 0 Å². The van der Waals surface area contributed by atoms with Gasteiger partial charge in [-0.1, -0.05) is 34.5 Å². The summed E-state index contributed by atoms with van der Waals surface area (Å²) in [6.07, 6.45) is 4.89. The Balaban J connectivity index is 2.20. The normalized spacial score (nSPS) is 13.2. The summed E-state index contributed by atoms with van der Waals surface area (Å²) in [4.78, 5) is 2.09. The van der Waals surface area contributed by atoms with E-state index in [1.54, 1.807) is 11.3 Å². The third-order valence-electron chi connectivity index (χ3n) is 2.01. The first kappa shape index (κ1) is 11.5. The zero-order valence-corrected chi connectivity index (χ0v) is 10.9. The lowest BCUT2D eigenvalue weighted by molar-refractivity contribution is 0.693. The monoisotopic (exact) mass is 280 g/mol. The van der Waals surface area contributed by atoms with Gasteiger partial charge in [0.05, 0.1) is 4.34 Å². The van der Waals surface area contributed by atoms with Gasteiger partial charge in [0.15, 0.2) is 0 Å². The van der Waals surface area contributed by atoms with E-state index in [1.807, 2.05) is 6.07 Å². The minimum absolute atomic E-state index is 0.683. The van der Waals surface area contributed by atoms with E-state index in [2.05, 4.69) is 28.9 Å². The quantitative estimate of drug-likeness (QED) is 0.674. The number of halogens is 2. The predicted octanol–water partition coefficient (Wildman–Crippen LogP) is 4.90. The Kier molecular flexibility index (Phi) is 5.37. The number of aryl methyl sites for hydroxylation is 1. The van der Waals surface area contributed by atoms with Crippen molar-refractivity contribution in [1.82, 2.24) is 0 Å². The van der Waals surface area contributed by atoms with Gasteiger partial charge in [-0.2, -0.15) is 0 Å². The summed E-state index contributed by atoms with van der Waals surface area (Å²) in [5.41, 5.74) is 0. The average Bonchev–Trinajstić information content (AvgIpc) is 2.51. The van der Waals surface area contributed by atoms with Crippen LogP contribution in [0.5, 0.6) is 0 Å². The van der Waals surface area contributed by atoms with Crippen molar-refractivity contribution in [3.8, 4) is 0 Å². The molecule has 1 aromatic rings. The van der Waals surface area contributed by atoms with Crippen LogP contribution in [0.3, 0.4) is 0 Å². The SMILES string of the molecule is CCC(Br)CCCc1ccc(Cl)s1. The average molecular weight is 282 g/mol. The summed E-state index contributed by atoms with van der Waals surface area (Å²) in [6.45, 7) is 2.21. The van der Waals surface area contributed by atoms with Gasteiger partial charge in [0.25, 0.3) is 0 Å². The third kappa shape index (κ3) is 4.48. The van der Waals surface area contributed by atoms with Gasteiger partial charge in [0.1, 0.15) is 0 Å². The second-order valence-electron chi connectivity index (χ2n) is 3.10. The molecule has 0 saturated carbocycles. The van der Waals surface area contributed by atoms with Gasteiger partial charge in [0, 0.05) is 9.70 Å². The summed E-state index contributed by atoms with van der Waals surface area (Å²) in [5.74, 6) is 0. The van der Waals surface area contributed by atoms with E-state index in [0.717, 1.165) is 4.34 Å². The first-order chi connectivity index (χ1) is 6.22. The molecule has 0 spiro atoms. The highest BCUT2D eigenvalue weighted by atomic mass is 79.9. The molecular weight excluding hydrogens is 268 g/mol. The fourth-order valence-electron chi connectivity index (χ4n) is 1.19. The highest BCUT2D eigenvalue weighted by Crippen LogP contribution is 2.23. The molecule has 1 heterocycles. The number of thiophene rings is 1. The minimum Gasteiger partial charge on any atom is -0.128 e. The van der Waals surface area contributed by atoms with Crippen molar-refractivity contribution in [2.45, 2.75) is 37.4 Å². The molecule has 13 heavy (non-hydrogen) atoms. The number of hydrogen-bond donors (Lipinski definition) is 0. The van der Waals surface area contributed by atoms with Crippen LogP contribution in [0.2, 0.25) is 4.34 Å². The molecule has 1 aromatic heterocycles. The summed E-state index contributed by atoms with van der Waals surface area (Å²) in [7, 11) is 0. The molecule has 0 aromatic carbocycles. The Hall–Kier alpha value is 0.470. The van der Waals surface area contributed by atoms with Crippen molar-refractivity contribution in [1.29, 1.82) is 0 Å². The molecular formula is C10H14BrClS. The smallest absolute Gasteiger partial charge is 0.0931 e. The molecule has 0 nitrogen and oxygen atoms in total. The highest BCUT2D eigenvalue weighted by molar-refractivity contribution is 9.09. The Morgan fingerprint density at radius 3 is 2.85 bits per heavy atom. The van der Waals surface area contributed by atoms with Gasteiger partial charge in [-0.3, -0.25) is 0 Å². The minimum atomic E-state index is 0.683. The van der Waals surface area contributed by atoms with E-state index in [4.69, 9.17) is 11.6 Å². The van der Waals surface area contributed by atoms with Crippen molar-refractivity contribution in [3.05, 3.63) is 21.3 Å². The fraction of sp³-hybridized carbons (Fsp3) is 0.600. The maximum absolute atomic E-state index is 5.84. The molecule has 0 aliphatic heterocycles. The molecule has 0 amide bonds. The van der Waals surface area contributed by atoms with Gasteiger partial charge in [-0.25, -0.2) is 0 Å². The van der Waals surface area contributed by atoms with Crippen molar-refractivity contribution >= 4 is 38.9 Å². The summed E-state index contributed by atoms with van der Waals surface area (Å²) in [6, 6.07) is 4.11. The number of alkyl halides is 1. The fourth-order valence-corrected chi connectivity index (χ4v) is 2.64. The van der Waals surface area contributed by atoms with Crippen LogP contribution in [0, 0.1) is 0 Å². The highest BCUT2D eigenvalue weighted by Gasteiger charge is 2.02. The Morgan fingerprint density at radius 2 is 2.31 bits per heavy atom. The zero-order chi connectivity index (χ0) is 9.68. The molecule has 0 fully saturated rings. The standard InChI is InChI=1S/C10H14BrClS/c1-2-8(11)4-3-5-9-6-7-10(12)13-9/h6-8H,2-5H2,1H3. The van der Waals surface area contributed by atoms with Crippen LogP contribution in [0.25, 0.3) is 0 Å². The van der Waals surface area contributed by atoms with E-state index in [-0.39, 0.29) is 0 Å². The lowest BCUT2D eigenvalue weighted by atomic mass is 10.1. The third-order valence-corrected chi connectivity index (χ3v) is 4.41. The van der Waals surface area contributed by atoms with E-state index >= 15 is 0 Å². The van der Waals surface area contributed by atoms with Gasteiger partial charge in [-0.15, -0.1) is 11.3 Å². The number of hydrogen-bond acceptors (Lipinski definition) is 1. The molecule has 74 valence electrons. The predicted molar refractivity (Wildman–Crippen MR) is 65.3 cm³/mol. The molecule has 1 atom stereocenters. The van der Waals surface area contributed by atoms with Crippen molar-refractivity contribution in [3.63, 3.8) is 0 Å². The molecule has 0 N–H and O–H groups in total. The summed E-state index contributed by atoms with van der Waals surface area (Å²) < 4.78 is 0.904.